The van der Waals surface area contributed by atoms with E-state index < -0.39 is 0 Å². The molecule has 2 aromatic carbocycles. The van der Waals surface area contributed by atoms with Gasteiger partial charge < -0.3 is 15.5 Å². The second kappa shape index (κ2) is 8.92. The van der Waals surface area contributed by atoms with Crippen LogP contribution >= 0.6 is 11.3 Å². The van der Waals surface area contributed by atoms with Crippen LogP contribution in [0, 0.1) is 0 Å². The highest BCUT2D eigenvalue weighted by Crippen LogP contribution is 2.23. The van der Waals surface area contributed by atoms with Crippen LogP contribution in [0.5, 0.6) is 0 Å². The van der Waals surface area contributed by atoms with Crippen LogP contribution in [-0.4, -0.2) is 24.3 Å². The summed E-state index contributed by atoms with van der Waals surface area (Å²) >= 11 is 1.40. The minimum Gasteiger partial charge on any atom is -0.347 e. The molecular formula is C23H21N3O3S. The average molecular weight is 420 g/mol. The molecule has 1 aromatic heterocycles. The van der Waals surface area contributed by atoms with Gasteiger partial charge in [-0.15, -0.1) is 11.3 Å². The van der Waals surface area contributed by atoms with Gasteiger partial charge in [0.25, 0.3) is 11.8 Å². The third-order valence-corrected chi connectivity index (χ3v) is 5.79. The van der Waals surface area contributed by atoms with E-state index in [1.807, 2.05) is 35.7 Å². The summed E-state index contributed by atoms with van der Waals surface area (Å²) in [5.41, 5.74) is 2.96. The Hall–Kier alpha value is -3.45. The number of benzene rings is 2. The fourth-order valence-electron chi connectivity index (χ4n) is 3.30. The quantitative estimate of drug-likeness (QED) is 0.633. The summed E-state index contributed by atoms with van der Waals surface area (Å²) in [5, 5.41) is 7.59. The minimum atomic E-state index is -0.214. The van der Waals surface area contributed by atoms with Crippen molar-refractivity contribution in [1.82, 2.24) is 5.32 Å². The van der Waals surface area contributed by atoms with Crippen molar-refractivity contribution in [2.24, 2.45) is 0 Å². The molecule has 6 nitrogen and oxygen atoms in total. The van der Waals surface area contributed by atoms with Crippen molar-refractivity contribution >= 4 is 40.4 Å². The Morgan fingerprint density at radius 3 is 2.37 bits per heavy atom. The molecule has 0 atom stereocenters. The zero-order valence-electron chi connectivity index (χ0n) is 16.3. The van der Waals surface area contributed by atoms with Gasteiger partial charge >= 0.3 is 0 Å². The fraction of sp³-hybridized carbons (Fsp3) is 0.174. The first-order valence-electron chi connectivity index (χ1n) is 9.72. The zero-order valence-corrected chi connectivity index (χ0v) is 17.1. The molecule has 2 heterocycles. The lowest BCUT2D eigenvalue weighted by Crippen LogP contribution is -2.23. The number of hydrogen-bond donors (Lipinski definition) is 2. The molecule has 30 heavy (non-hydrogen) atoms. The smallest absolute Gasteiger partial charge is 0.261 e. The highest BCUT2D eigenvalue weighted by Gasteiger charge is 2.21. The van der Waals surface area contributed by atoms with Crippen LogP contribution < -0.4 is 15.5 Å². The highest BCUT2D eigenvalue weighted by atomic mass is 32.1. The van der Waals surface area contributed by atoms with Crippen LogP contribution in [0.2, 0.25) is 0 Å². The molecule has 0 radical (unpaired) electrons. The van der Waals surface area contributed by atoms with Crippen molar-refractivity contribution in [2.75, 3.05) is 16.8 Å². The molecule has 4 rings (SSSR count). The predicted octanol–water partition coefficient (Wildman–Crippen LogP) is 4.06. The van der Waals surface area contributed by atoms with Crippen LogP contribution in [0.3, 0.4) is 0 Å². The van der Waals surface area contributed by atoms with Gasteiger partial charge in [-0.05, 0) is 59.8 Å². The lowest BCUT2D eigenvalue weighted by Gasteiger charge is -2.16. The maximum absolute atomic E-state index is 12.5. The number of nitrogens with zero attached hydrogens (tertiary/aromatic N) is 1. The average Bonchev–Trinajstić information content (AvgIpc) is 3.45. The van der Waals surface area contributed by atoms with Crippen molar-refractivity contribution in [2.45, 2.75) is 19.4 Å². The SMILES string of the molecule is O=C(Nc1ccc(N2CCCC2=O)cc1)c1ccc(CNC(=O)c2cccs2)cc1. The standard InChI is InChI=1S/C23H21N3O3S/c27-21-4-1-13-26(21)19-11-9-18(10-12-19)25-22(28)17-7-5-16(6-8-17)15-24-23(29)20-3-2-14-30-20/h2-3,5-12,14H,1,4,13,15H2,(H,24,29)(H,25,28). The van der Waals surface area contributed by atoms with E-state index in [2.05, 4.69) is 10.6 Å². The first kappa shape index (κ1) is 19.8. The van der Waals surface area contributed by atoms with Gasteiger partial charge in [-0.1, -0.05) is 18.2 Å². The minimum absolute atomic E-state index is 0.106. The van der Waals surface area contributed by atoms with Crippen LogP contribution in [-0.2, 0) is 11.3 Å². The van der Waals surface area contributed by atoms with E-state index in [0.29, 0.717) is 29.1 Å². The maximum atomic E-state index is 12.5. The topological polar surface area (TPSA) is 78.5 Å². The van der Waals surface area contributed by atoms with E-state index in [1.165, 1.54) is 11.3 Å². The summed E-state index contributed by atoms with van der Waals surface area (Å²) in [6, 6.07) is 18.0. The van der Waals surface area contributed by atoms with Crippen molar-refractivity contribution in [3.05, 3.63) is 82.0 Å². The number of rotatable bonds is 6. The molecule has 2 N–H and O–H groups in total. The van der Waals surface area contributed by atoms with Crippen molar-refractivity contribution in [3.63, 3.8) is 0 Å². The molecule has 1 aliphatic heterocycles. The summed E-state index contributed by atoms with van der Waals surface area (Å²) in [6.45, 7) is 1.14. The molecule has 0 bridgehead atoms. The molecular weight excluding hydrogens is 398 g/mol. The second-order valence-corrected chi connectivity index (χ2v) is 7.95. The lowest BCUT2D eigenvalue weighted by atomic mass is 10.1. The molecule has 0 spiro atoms. The Morgan fingerprint density at radius 2 is 1.73 bits per heavy atom. The van der Waals surface area contributed by atoms with Crippen LogP contribution in [0.4, 0.5) is 11.4 Å². The van der Waals surface area contributed by atoms with Gasteiger partial charge in [0, 0.05) is 36.4 Å². The van der Waals surface area contributed by atoms with E-state index >= 15 is 0 Å². The summed E-state index contributed by atoms with van der Waals surface area (Å²) in [6.07, 6.45) is 1.47. The number of anilines is 2. The Balaban J connectivity index is 1.32. The number of carbonyl (C=O) groups excluding carboxylic acids is 3. The Labute approximate surface area is 178 Å². The molecule has 3 aromatic rings. The third-order valence-electron chi connectivity index (χ3n) is 4.92. The van der Waals surface area contributed by atoms with Crippen LogP contribution in [0.25, 0.3) is 0 Å². The van der Waals surface area contributed by atoms with E-state index in [9.17, 15) is 14.4 Å². The van der Waals surface area contributed by atoms with Gasteiger partial charge in [0.2, 0.25) is 5.91 Å². The number of thiophene rings is 1. The van der Waals surface area contributed by atoms with E-state index in [4.69, 9.17) is 0 Å². The number of carbonyl (C=O) groups is 3. The molecule has 0 saturated carbocycles. The lowest BCUT2D eigenvalue weighted by molar-refractivity contribution is -0.117. The maximum Gasteiger partial charge on any atom is 0.261 e. The molecule has 0 unspecified atom stereocenters. The number of nitrogens with one attached hydrogen (secondary N) is 2. The highest BCUT2D eigenvalue weighted by molar-refractivity contribution is 7.12. The fourth-order valence-corrected chi connectivity index (χ4v) is 3.94. The predicted molar refractivity (Wildman–Crippen MR) is 118 cm³/mol. The molecule has 1 saturated heterocycles. The first-order valence-corrected chi connectivity index (χ1v) is 10.6. The molecule has 3 amide bonds. The monoisotopic (exact) mass is 419 g/mol. The van der Waals surface area contributed by atoms with Gasteiger partial charge in [0.1, 0.15) is 0 Å². The van der Waals surface area contributed by atoms with Crippen molar-refractivity contribution in [3.8, 4) is 0 Å². The molecule has 0 aliphatic carbocycles. The van der Waals surface area contributed by atoms with Gasteiger partial charge in [0.05, 0.1) is 4.88 Å². The molecule has 7 heteroatoms. The summed E-state index contributed by atoms with van der Waals surface area (Å²) in [4.78, 5) is 38.8. The van der Waals surface area contributed by atoms with E-state index in [-0.39, 0.29) is 17.7 Å². The van der Waals surface area contributed by atoms with Crippen LogP contribution in [0.1, 0.15) is 38.4 Å². The Kier molecular flexibility index (Phi) is 5.90. The summed E-state index contributed by atoms with van der Waals surface area (Å²) < 4.78 is 0. The van der Waals surface area contributed by atoms with Gasteiger partial charge in [-0.2, -0.15) is 0 Å². The second-order valence-electron chi connectivity index (χ2n) is 7.01. The summed E-state index contributed by atoms with van der Waals surface area (Å²) in [5.74, 6) is -0.182. The largest absolute Gasteiger partial charge is 0.347 e. The van der Waals surface area contributed by atoms with E-state index in [0.717, 1.165) is 24.2 Å². The molecule has 1 fully saturated rings. The molecule has 152 valence electrons. The normalized spacial score (nSPS) is 13.3. The van der Waals surface area contributed by atoms with Crippen molar-refractivity contribution < 1.29 is 14.4 Å². The van der Waals surface area contributed by atoms with Gasteiger partial charge in [-0.3, -0.25) is 14.4 Å². The zero-order chi connectivity index (χ0) is 20.9. The first-order chi connectivity index (χ1) is 14.6. The van der Waals surface area contributed by atoms with Gasteiger partial charge in [0.15, 0.2) is 0 Å². The third kappa shape index (κ3) is 4.58. The number of hydrogen-bond acceptors (Lipinski definition) is 4. The van der Waals surface area contributed by atoms with E-state index in [1.54, 1.807) is 35.2 Å². The Bertz CT molecular complexity index is 1040. The number of amides is 3. The Morgan fingerprint density at radius 1 is 0.967 bits per heavy atom. The molecule has 1 aliphatic rings. The van der Waals surface area contributed by atoms with Gasteiger partial charge in [-0.25, -0.2) is 0 Å². The van der Waals surface area contributed by atoms with Crippen LogP contribution in [0.15, 0.2) is 66.0 Å². The van der Waals surface area contributed by atoms with Crippen molar-refractivity contribution in [1.29, 1.82) is 0 Å². The summed E-state index contributed by atoms with van der Waals surface area (Å²) in [7, 11) is 0.